The lowest BCUT2D eigenvalue weighted by atomic mass is 10.1. The van der Waals surface area contributed by atoms with Gasteiger partial charge in [0.1, 0.15) is 11.3 Å². The summed E-state index contributed by atoms with van der Waals surface area (Å²) in [6.45, 7) is 0. The van der Waals surface area contributed by atoms with Crippen molar-refractivity contribution in [2.24, 2.45) is 7.05 Å². The molecular formula is C10H10ClN3O. The largest absolute Gasteiger partial charge is 0.382 e. The van der Waals surface area contributed by atoms with Crippen molar-refractivity contribution in [1.29, 1.82) is 0 Å². The number of aliphatic hydroxyl groups excluding tert-OH is 1. The standard InChI is InChI=1S/C10H10ClN3O/c1-14-8(4-5-13-14)10(15)7-2-3-9(11)12-6-7/h2-6,10,15H,1H3. The van der Waals surface area contributed by atoms with Crippen molar-refractivity contribution in [2.45, 2.75) is 6.10 Å². The van der Waals surface area contributed by atoms with Crippen molar-refractivity contribution in [1.82, 2.24) is 14.8 Å². The summed E-state index contributed by atoms with van der Waals surface area (Å²) < 4.78 is 1.62. The van der Waals surface area contributed by atoms with Gasteiger partial charge in [0.25, 0.3) is 0 Å². The molecule has 1 atom stereocenters. The molecule has 0 aromatic carbocycles. The third-order valence-electron chi connectivity index (χ3n) is 2.20. The van der Waals surface area contributed by atoms with Gasteiger partial charge in [-0.15, -0.1) is 0 Å². The van der Waals surface area contributed by atoms with E-state index in [-0.39, 0.29) is 0 Å². The highest BCUT2D eigenvalue weighted by Crippen LogP contribution is 2.20. The minimum Gasteiger partial charge on any atom is -0.382 e. The minimum absolute atomic E-state index is 0.413. The van der Waals surface area contributed by atoms with Gasteiger partial charge >= 0.3 is 0 Å². The summed E-state index contributed by atoms with van der Waals surface area (Å²) >= 11 is 5.66. The number of nitrogens with zero attached hydrogens (tertiary/aromatic N) is 3. The second-order valence-corrected chi connectivity index (χ2v) is 3.58. The Bertz CT molecular complexity index is 452. The number of pyridine rings is 1. The Morgan fingerprint density at radius 1 is 1.40 bits per heavy atom. The molecule has 0 saturated carbocycles. The molecule has 15 heavy (non-hydrogen) atoms. The molecule has 0 amide bonds. The van der Waals surface area contributed by atoms with Crippen LogP contribution in [0.25, 0.3) is 0 Å². The second kappa shape index (κ2) is 4.00. The molecule has 0 spiro atoms. The molecule has 0 aliphatic rings. The molecule has 2 rings (SSSR count). The van der Waals surface area contributed by atoms with Crippen LogP contribution in [0.3, 0.4) is 0 Å². The van der Waals surface area contributed by atoms with Crippen LogP contribution in [-0.2, 0) is 7.05 Å². The maximum atomic E-state index is 10.0. The summed E-state index contributed by atoms with van der Waals surface area (Å²) in [5, 5.41) is 14.4. The van der Waals surface area contributed by atoms with Crippen LogP contribution < -0.4 is 0 Å². The van der Waals surface area contributed by atoms with Crippen LogP contribution in [0.4, 0.5) is 0 Å². The zero-order valence-electron chi connectivity index (χ0n) is 8.13. The van der Waals surface area contributed by atoms with Crippen molar-refractivity contribution in [2.75, 3.05) is 0 Å². The van der Waals surface area contributed by atoms with Crippen molar-refractivity contribution < 1.29 is 5.11 Å². The van der Waals surface area contributed by atoms with Crippen molar-refractivity contribution in [3.63, 3.8) is 0 Å². The molecule has 0 fully saturated rings. The van der Waals surface area contributed by atoms with Gasteiger partial charge in [0.05, 0.1) is 5.69 Å². The smallest absolute Gasteiger partial charge is 0.129 e. The van der Waals surface area contributed by atoms with Gasteiger partial charge in [-0.05, 0) is 12.1 Å². The molecule has 1 N–H and O–H groups in total. The van der Waals surface area contributed by atoms with E-state index in [9.17, 15) is 5.11 Å². The Kier molecular flexibility index (Phi) is 2.70. The van der Waals surface area contributed by atoms with Gasteiger partial charge < -0.3 is 5.11 Å². The molecule has 78 valence electrons. The molecule has 0 saturated heterocycles. The van der Waals surface area contributed by atoms with E-state index >= 15 is 0 Å². The summed E-state index contributed by atoms with van der Waals surface area (Å²) in [7, 11) is 1.78. The Balaban J connectivity index is 2.32. The number of rotatable bonds is 2. The molecule has 5 heteroatoms. The first kappa shape index (κ1) is 10.1. The quantitative estimate of drug-likeness (QED) is 0.786. The van der Waals surface area contributed by atoms with E-state index in [1.165, 1.54) is 0 Å². The highest BCUT2D eigenvalue weighted by molar-refractivity contribution is 6.29. The molecule has 2 aromatic heterocycles. The number of hydrogen-bond acceptors (Lipinski definition) is 3. The maximum Gasteiger partial charge on any atom is 0.129 e. The average molecular weight is 224 g/mol. The van der Waals surface area contributed by atoms with E-state index in [0.29, 0.717) is 10.7 Å². The van der Waals surface area contributed by atoms with Crippen molar-refractivity contribution in [3.8, 4) is 0 Å². The Morgan fingerprint density at radius 2 is 2.20 bits per heavy atom. The fraction of sp³-hybridized carbons (Fsp3) is 0.200. The lowest BCUT2D eigenvalue weighted by Crippen LogP contribution is -2.06. The summed E-state index contributed by atoms with van der Waals surface area (Å²) in [6, 6.07) is 5.16. The number of aromatic nitrogens is 3. The summed E-state index contributed by atoms with van der Waals surface area (Å²) in [5.74, 6) is 0. The molecule has 1 unspecified atom stereocenters. The third-order valence-corrected chi connectivity index (χ3v) is 2.43. The fourth-order valence-corrected chi connectivity index (χ4v) is 1.48. The second-order valence-electron chi connectivity index (χ2n) is 3.20. The van der Waals surface area contributed by atoms with Crippen LogP contribution in [0.15, 0.2) is 30.6 Å². The topological polar surface area (TPSA) is 50.9 Å². The van der Waals surface area contributed by atoms with Gasteiger partial charge in [0.2, 0.25) is 0 Å². The van der Waals surface area contributed by atoms with Crippen LogP contribution in [0, 0.1) is 0 Å². The van der Waals surface area contributed by atoms with E-state index < -0.39 is 6.10 Å². The summed E-state index contributed by atoms with van der Waals surface area (Å²) in [6.07, 6.45) is 2.48. The zero-order chi connectivity index (χ0) is 10.8. The summed E-state index contributed by atoms with van der Waals surface area (Å²) in [5.41, 5.74) is 1.42. The van der Waals surface area contributed by atoms with Gasteiger partial charge in [-0.25, -0.2) is 4.98 Å². The van der Waals surface area contributed by atoms with Gasteiger partial charge in [0, 0.05) is 25.0 Å². The zero-order valence-corrected chi connectivity index (χ0v) is 8.89. The fourth-order valence-electron chi connectivity index (χ4n) is 1.37. The normalized spacial score (nSPS) is 12.7. The molecule has 0 radical (unpaired) electrons. The monoisotopic (exact) mass is 223 g/mol. The first-order chi connectivity index (χ1) is 7.18. The highest BCUT2D eigenvalue weighted by atomic mass is 35.5. The van der Waals surface area contributed by atoms with E-state index in [2.05, 4.69) is 10.1 Å². The van der Waals surface area contributed by atoms with Gasteiger partial charge in [-0.3, -0.25) is 4.68 Å². The Labute approximate surface area is 92.1 Å². The molecule has 4 nitrogen and oxygen atoms in total. The molecule has 2 heterocycles. The predicted octanol–water partition coefficient (Wildman–Crippen LogP) is 1.55. The molecule has 0 aliphatic carbocycles. The molecular weight excluding hydrogens is 214 g/mol. The third kappa shape index (κ3) is 2.00. The Hall–Kier alpha value is -1.39. The molecule has 0 bridgehead atoms. The highest BCUT2D eigenvalue weighted by Gasteiger charge is 2.13. The first-order valence-electron chi connectivity index (χ1n) is 4.46. The van der Waals surface area contributed by atoms with E-state index in [4.69, 9.17) is 11.6 Å². The van der Waals surface area contributed by atoms with E-state index in [0.717, 1.165) is 5.69 Å². The van der Waals surface area contributed by atoms with E-state index in [1.54, 1.807) is 42.3 Å². The van der Waals surface area contributed by atoms with Gasteiger partial charge in [-0.2, -0.15) is 5.10 Å². The summed E-state index contributed by atoms with van der Waals surface area (Å²) in [4.78, 5) is 3.92. The van der Waals surface area contributed by atoms with Crippen molar-refractivity contribution in [3.05, 3.63) is 47.0 Å². The Morgan fingerprint density at radius 3 is 2.73 bits per heavy atom. The number of aliphatic hydroxyl groups is 1. The predicted molar refractivity (Wildman–Crippen MR) is 56.5 cm³/mol. The number of aryl methyl sites for hydroxylation is 1. The lowest BCUT2D eigenvalue weighted by Gasteiger charge is -2.10. The van der Waals surface area contributed by atoms with Crippen LogP contribution in [0.2, 0.25) is 5.15 Å². The van der Waals surface area contributed by atoms with E-state index in [1.807, 2.05) is 0 Å². The van der Waals surface area contributed by atoms with Crippen LogP contribution in [-0.4, -0.2) is 19.9 Å². The van der Waals surface area contributed by atoms with Gasteiger partial charge in [0.15, 0.2) is 0 Å². The number of halogens is 1. The number of hydrogen-bond donors (Lipinski definition) is 1. The van der Waals surface area contributed by atoms with Crippen molar-refractivity contribution >= 4 is 11.6 Å². The van der Waals surface area contributed by atoms with Gasteiger partial charge in [-0.1, -0.05) is 17.7 Å². The SMILES string of the molecule is Cn1nccc1C(O)c1ccc(Cl)nc1. The average Bonchev–Trinajstić information content (AvgIpc) is 2.65. The maximum absolute atomic E-state index is 10.0. The molecule has 2 aromatic rings. The van der Waals surface area contributed by atoms with Crippen LogP contribution in [0.5, 0.6) is 0 Å². The van der Waals surface area contributed by atoms with Crippen LogP contribution >= 0.6 is 11.6 Å². The van der Waals surface area contributed by atoms with Crippen LogP contribution in [0.1, 0.15) is 17.4 Å². The molecule has 0 aliphatic heterocycles. The first-order valence-corrected chi connectivity index (χ1v) is 4.83. The minimum atomic E-state index is -0.720. The lowest BCUT2D eigenvalue weighted by molar-refractivity contribution is 0.209.